The number of hydrogen-bond donors (Lipinski definition) is 4. The van der Waals surface area contributed by atoms with E-state index in [1.54, 1.807) is 0 Å². The molecule has 1 aliphatic rings. The number of fused-ring (bicyclic) bond motifs is 1. The zero-order valence-corrected chi connectivity index (χ0v) is 22.6. The summed E-state index contributed by atoms with van der Waals surface area (Å²) in [4.78, 5) is 16.5. The molecule has 0 aliphatic carbocycles. The van der Waals surface area contributed by atoms with Gasteiger partial charge in [-0.2, -0.15) is 0 Å². The molecule has 1 unspecified atom stereocenters. The number of aliphatic hydroxyl groups excluding tert-OH is 1. The topological polar surface area (TPSA) is 151 Å². The molecule has 3 aromatic carbocycles. The van der Waals surface area contributed by atoms with Gasteiger partial charge in [-0.3, -0.25) is 9.79 Å². The number of nitrogens with one attached hydrogen (secondary N) is 1. The summed E-state index contributed by atoms with van der Waals surface area (Å²) in [6.07, 6.45) is -2.78. The molecule has 3 aromatic rings. The Kier molecular flexibility index (Phi) is 10.8. The fourth-order valence-corrected chi connectivity index (χ4v) is 4.74. The number of carbonyl (C=O) groups excluding carboxylic acids is 1. The lowest BCUT2D eigenvalue weighted by molar-refractivity contribution is -0.276. The monoisotopic (exact) mass is 550 g/mol. The summed E-state index contributed by atoms with van der Waals surface area (Å²) in [5.41, 5.74) is 12.8. The number of benzene rings is 3. The van der Waals surface area contributed by atoms with E-state index in [0.717, 1.165) is 21.9 Å². The fourth-order valence-electron chi connectivity index (χ4n) is 4.74. The number of aliphatic hydroxyl groups is 1. The van der Waals surface area contributed by atoms with Gasteiger partial charge in [0.25, 0.3) is 0 Å². The van der Waals surface area contributed by atoms with Crippen LogP contribution in [-0.4, -0.2) is 74.5 Å². The highest BCUT2D eigenvalue weighted by Crippen LogP contribution is 2.26. The lowest BCUT2D eigenvalue weighted by Gasteiger charge is -2.44. The lowest BCUT2D eigenvalue weighted by atomic mass is 9.96. The third-order valence-corrected chi connectivity index (χ3v) is 6.79. The number of hydrogen-bond acceptors (Lipinski definition) is 7. The molecular formula is C30H38N4O6. The van der Waals surface area contributed by atoms with E-state index in [-0.39, 0.29) is 31.4 Å². The van der Waals surface area contributed by atoms with Crippen molar-refractivity contribution in [1.29, 1.82) is 0 Å². The Balaban J connectivity index is 1.41. The molecule has 1 fully saturated rings. The first-order valence-electron chi connectivity index (χ1n) is 13.4. The largest absolute Gasteiger partial charge is 0.388 e. The van der Waals surface area contributed by atoms with Gasteiger partial charge in [0.15, 0.2) is 12.2 Å². The molecule has 6 N–H and O–H groups in total. The highest BCUT2D eigenvalue weighted by molar-refractivity contribution is 5.83. The zero-order valence-electron chi connectivity index (χ0n) is 22.6. The van der Waals surface area contributed by atoms with Gasteiger partial charge in [0.05, 0.1) is 26.4 Å². The normalized spacial score (nSPS) is 22.6. The third-order valence-electron chi connectivity index (χ3n) is 6.79. The van der Waals surface area contributed by atoms with Crippen LogP contribution in [-0.2, 0) is 36.8 Å². The smallest absolute Gasteiger partial charge is 0.222 e. The van der Waals surface area contributed by atoms with Crippen LogP contribution in [0.3, 0.4) is 0 Å². The van der Waals surface area contributed by atoms with Gasteiger partial charge in [-0.25, -0.2) is 0 Å². The van der Waals surface area contributed by atoms with E-state index in [2.05, 4.69) is 34.6 Å². The van der Waals surface area contributed by atoms with Crippen LogP contribution in [0.15, 0.2) is 77.8 Å². The molecule has 0 spiro atoms. The molecule has 4 rings (SSSR count). The minimum Gasteiger partial charge on any atom is -0.388 e. The summed E-state index contributed by atoms with van der Waals surface area (Å²) in [6.45, 7) is 0.927. The van der Waals surface area contributed by atoms with E-state index in [9.17, 15) is 9.90 Å². The van der Waals surface area contributed by atoms with Gasteiger partial charge in [0, 0.05) is 13.5 Å². The second-order valence-corrected chi connectivity index (χ2v) is 9.69. The van der Waals surface area contributed by atoms with Gasteiger partial charge in [0.2, 0.25) is 5.91 Å². The van der Waals surface area contributed by atoms with Crippen LogP contribution in [0.25, 0.3) is 10.8 Å². The van der Waals surface area contributed by atoms with Crippen LogP contribution < -0.4 is 16.8 Å². The second-order valence-electron chi connectivity index (χ2n) is 9.69. The number of rotatable bonds is 13. The summed E-state index contributed by atoms with van der Waals surface area (Å²) in [6, 6.07) is 23.4. The van der Waals surface area contributed by atoms with E-state index < -0.39 is 30.6 Å². The van der Waals surface area contributed by atoms with Gasteiger partial charge in [-0.15, -0.1) is 0 Å². The van der Waals surface area contributed by atoms with E-state index in [1.807, 2.05) is 48.5 Å². The quantitative estimate of drug-likeness (QED) is 0.186. The molecule has 5 atom stereocenters. The number of nitrogens with two attached hydrogens (primary N) is 2. The molecule has 0 bridgehead atoms. The van der Waals surface area contributed by atoms with Crippen LogP contribution in [0.2, 0.25) is 0 Å². The summed E-state index contributed by atoms with van der Waals surface area (Å²) in [5.74, 6) is -0.414. The molecule has 1 heterocycles. The first-order chi connectivity index (χ1) is 19.4. The highest BCUT2D eigenvalue weighted by Gasteiger charge is 2.47. The summed E-state index contributed by atoms with van der Waals surface area (Å²) in [5, 5.41) is 16.3. The van der Waals surface area contributed by atoms with E-state index >= 15 is 0 Å². The maximum absolute atomic E-state index is 12.7. The number of nitrogens with zero attached hydrogens (tertiary/aromatic N) is 1. The molecule has 0 radical (unpaired) electrons. The number of carbonyl (C=O) groups is 1. The predicted molar refractivity (Wildman–Crippen MR) is 152 cm³/mol. The Morgan fingerprint density at radius 2 is 1.77 bits per heavy atom. The first kappa shape index (κ1) is 29.4. The van der Waals surface area contributed by atoms with Crippen molar-refractivity contribution in [1.82, 2.24) is 5.32 Å². The second kappa shape index (κ2) is 14.7. The maximum Gasteiger partial charge on any atom is 0.222 e. The van der Waals surface area contributed by atoms with Gasteiger partial charge >= 0.3 is 0 Å². The number of methoxy groups -OCH3 is 1. The molecule has 10 nitrogen and oxygen atoms in total. The summed E-state index contributed by atoms with van der Waals surface area (Å²) in [7, 11) is 1.48. The van der Waals surface area contributed by atoms with Crippen LogP contribution in [0.1, 0.15) is 17.5 Å². The van der Waals surface area contributed by atoms with Gasteiger partial charge in [-0.05, 0) is 34.4 Å². The van der Waals surface area contributed by atoms with Crippen molar-refractivity contribution in [3.8, 4) is 0 Å². The van der Waals surface area contributed by atoms with E-state index in [1.165, 1.54) is 7.11 Å². The highest BCUT2D eigenvalue weighted by atomic mass is 16.7. The average Bonchev–Trinajstić information content (AvgIpc) is 2.95. The SMILES string of the molecule is CO[C@H]1[C@H](O)[C@@H](COCc2ccc3ccccc3c2)OC(OCCc2ccccc2)[C@@H]1NC(=O)CCN=C(N)N. The fraction of sp³-hybridized carbons (Fsp3) is 0.400. The Labute approximate surface area is 234 Å². The maximum atomic E-state index is 12.7. The molecule has 0 saturated carbocycles. The number of aliphatic imine (C=N–C) groups is 1. The molecule has 214 valence electrons. The summed E-state index contributed by atoms with van der Waals surface area (Å²) < 4.78 is 23.9. The van der Waals surface area contributed by atoms with Crippen LogP contribution in [0.4, 0.5) is 0 Å². The molecule has 40 heavy (non-hydrogen) atoms. The van der Waals surface area contributed by atoms with Gasteiger partial charge in [0.1, 0.15) is 24.4 Å². The Morgan fingerprint density at radius 1 is 1.02 bits per heavy atom. The number of ether oxygens (including phenoxy) is 4. The third kappa shape index (κ3) is 8.23. The Morgan fingerprint density at radius 3 is 2.52 bits per heavy atom. The van der Waals surface area contributed by atoms with Crippen molar-refractivity contribution in [2.24, 2.45) is 16.5 Å². The minimum absolute atomic E-state index is 0.0516. The molecular weight excluding hydrogens is 512 g/mol. The van der Waals surface area contributed by atoms with Crippen molar-refractivity contribution in [3.63, 3.8) is 0 Å². The van der Waals surface area contributed by atoms with Gasteiger partial charge < -0.3 is 40.8 Å². The van der Waals surface area contributed by atoms with Crippen molar-refractivity contribution in [2.45, 2.75) is 50.1 Å². The predicted octanol–water partition coefficient (Wildman–Crippen LogP) is 1.86. The number of guanidine groups is 1. The van der Waals surface area contributed by atoms with E-state index in [0.29, 0.717) is 19.6 Å². The van der Waals surface area contributed by atoms with E-state index in [4.69, 9.17) is 30.4 Å². The van der Waals surface area contributed by atoms with Crippen LogP contribution >= 0.6 is 0 Å². The molecule has 1 amide bonds. The average molecular weight is 551 g/mol. The molecule has 1 aliphatic heterocycles. The van der Waals surface area contributed by atoms with Crippen LogP contribution in [0, 0.1) is 0 Å². The van der Waals surface area contributed by atoms with Crippen molar-refractivity contribution < 1.29 is 28.8 Å². The van der Waals surface area contributed by atoms with Crippen LogP contribution in [0.5, 0.6) is 0 Å². The molecule has 0 aromatic heterocycles. The molecule has 10 heteroatoms. The lowest BCUT2D eigenvalue weighted by Crippen LogP contribution is -2.65. The van der Waals surface area contributed by atoms with Crippen molar-refractivity contribution >= 4 is 22.6 Å². The Hall–Kier alpha value is -3.54. The molecule has 1 saturated heterocycles. The number of amides is 1. The minimum atomic E-state index is -1.07. The van der Waals surface area contributed by atoms with Crippen molar-refractivity contribution in [2.75, 3.05) is 26.9 Å². The van der Waals surface area contributed by atoms with Crippen molar-refractivity contribution in [3.05, 3.63) is 83.9 Å². The zero-order chi connectivity index (χ0) is 28.3. The van der Waals surface area contributed by atoms with Gasteiger partial charge in [-0.1, -0.05) is 66.7 Å². The first-order valence-corrected chi connectivity index (χ1v) is 13.4. The summed E-state index contributed by atoms with van der Waals surface area (Å²) >= 11 is 0. The Bertz CT molecular complexity index is 1250. The standard InChI is InChI=1S/C30H38N4O6/c1-37-28-26(34-25(35)13-15-33-30(31)32)29(39-16-14-20-7-3-2-4-8-20)40-24(27(28)36)19-38-18-21-11-12-22-9-5-6-10-23(22)17-21/h2-12,17,24,26-29,36H,13-16,18-19H2,1H3,(H,34,35)(H4,31,32,33)/t24-,26-,27-,28-,29?/m1/s1.